The number of benzene rings is 1. The van der Waals surface area contributed by atoms with Crippen LogP contribution in [0.4, 0.5) is 0 Å². The van der Waals surface area contributed by atoms with Gasteiger partial charge in [0.2, 0.25) is 0 Å². The lowest BCUT2D eigenvalue weighted by Gasteiger charge is -2.33. The number of para-hydroxylation sites is 1. The Labute approximate surface area is 146 Å². The van der Waals surface area contributed by atoms with Crippen molar-refractivity contribution in [2.24, 2.45) is 0 Å². The Kier molecular flexibility index (Phi) is 4.05. The molecule has 6 heteroatoms. The molecule has 0 fully saturated rings. The highest BCUT2D eigenvalue weighted by atomic mass is 16.5. The van der Waals surface area contributed by atoms with Gasteiger partial charge in [0, 0.05) is 43.9 Å². The summed E-state index contributed by atoms with van der Waals surface area (Å²) < 4.78 is 13.1. The van der Waals surface area contributed by atoms with Gasteiger partial charge in [-0.15, -0.1) is 0 Å². The van der Waals surface area contributed by atoms with Crippen LogP contribution in [0.1, 0.15) is 35.0 Å². The maximum absolute atomic E-state index is 12.9. The summed E-state index contributed by atoms with van der Waals surface area (Å²) in [6, 6.07) is 9.39. The number of ether oxygens (including phenoxy) is 1. The summed E-state index contributed by atoms with van der Waals surface area (Å²) in [7, 11) is 1.70. The van der Waals surface area contributed by atoms with E-state index in [2.05, 4.69) is 9.55 Å². The fourth-order valence-corrected chi connectivity index (χ4v) is 3.47. The van der Waals surface area contributed by atoms with Gasteiger partial charge in [0.15, 0.2) is 5.76 Å². The second-order valence-corrected chi connectivity index (χ2v) is 6.33. The van der Waals surface area contributed by atoms with E-state index in [-0.39, 0.29) is 11.9 Å². The van der Waals surface area contributed by atoms with E-state index in [0.717, 1.165) is 35.5 Å². The monoisotopic (exact) mass is 339 g/mol. The van der Waals surface area contributed by atoms with Gasteiger partial charge in [-0.25, -0.2) is 4.98 Å². The topological polar surface area (TPSA) is 60.5 Å². The summed E-state index contributed by atoms with van der Waals surface area (Å²) in [4.78, 5) is 19.3. The van der Waals surface area contributed by atoms with Crippen LogP contribution in [0.5, 0.6) is 0 Å². The normalized spacial score (nSPS) is 17.0. The molecule has 4 rings (SSSR count). The minimum atomic E-state index is -0.0919. The smallest absolute Gasteiger partial charge is 0.290 e. The molecular formula is C19H21N3O3. The van der Waals surface area contributed by atoms with E-state index in [0.29, 0.717) is 18.9 Å². The zero-order valence-corrected chi connectivity index (χ0v) is 14.4. The highest BCUT2D eigenvalue weighted by molar-refractivity contribution is 5.96. The van der Waals surface area contributed by atoms with Crippen molar-refractivity contribution in [2.45, 2.75) is 25.9 Å². The molecule has 0 saturated heterocycles. The minimum absolute atomic E-state index is 0.0867. The quantitative estimate of drug-likeness (QED) is 0.733. The van der Waals surface area contributed by atoms with Gasteiger partial charge in [-0.3, -0.25) is 4.79 Å². The number of amides is 1. The van der Waals surface area contributed by atoms with Gasteiger partial charge < -0.3 is 18.6 Å². The maximum Gasteiger partial charge on any atom is 0.290 e. The molecule has 0 bridgehead atoms. The van der Waals surface area contributed by atoms with Crippen molar-refractivity contribution < 1.29 is 13.9 Å². The van der Waals surface area contributed by atoms with Gasteiger partial charge in [-0.05, 0) is 19.1 Å². The van der Waals surface area contributed by atoms with Crippen LogP contribution in [0.3, 0.4) is 0 Å². The van der Waals surface area contributed by atoms with E-state index in [4.69, 9.17) is 9.15 Å². The predicted octanol–water partition coefficient (Wildman–Crippen LogP) is 3.04. The Morgan fingerprint density at radius 2 is 2.20 bits per heavy atom. The first-order valence-electron chi connectivity index (χ1n) is 8.52. The van der Waals surface area contributed by atoms with E-state index in [9.17, 15) is 4.79 Å². The molecule has 1 atom stereocenters. The van der Waals surface area contributed by atoms with Crippen molar-refractivity contribution >= 4 is 16.9 Å². The fraction of sp³-hybridized carbons (Fsp3) is 0.368. The first-order valence-corrected chi connectivity index (χ1v) is 8.52. The number of carbonyl (C=O) groups excluding carboxylic acids is 1. The average Bonchev–Trinajstić information content (AvgIpc) is 3.24. The second kappa shape index (κ2) is 6.37. The molecule has 3 heterocycles. The van der Waals surface area contributed by atoms with Crippen molar-refractivity contribution in [3.05, 3.63) is 53.8 Å². The summed E-state index contributed by atoms with van der Waals surface area (Å²) in [5.41, 5.74) is 1.89. The molecule has 1 aliphatic heterocycles. The average molecular weight is 339 g/mol. The van der Waals surface area contributed by atoms with E-state index in [1.54, 1.807) is 7.11 Å². The molecule has 0 spiro atoms. The van der Waals surface area contributed by atoms with Crippen LogP contribution >= 0.6 is 0 Å². The lowest BCUT2D eigenvalue weighted by atomic mass is 10.2. The van der Waals surface area contributed by atoms with Crippen molar-refractivity contribution in [3.8, 4) is 0 Å². The lowest BCUT2D eigenvalue weighted by Crippen LogP contribution is -2.41. The molecule has 0 aliphatic carbocycles. The Bertz CT molecular complexity index is 879. The lowest BCUT2D eigenvalue weighted by molar-refractivity contribution is 0.0605. The highest BCUT2D eigenvalue weighted by Crippen LogP contribution is 2.28. The maximum atomic E-state index is 12.9. The zero-order chi connectivity index (χ0) is 17.4. The number of carbonyl (C=O) groups is 1. The predicted molar refractivity (Wildman–Crippen MR) is 93.5 cm³/mol. The molecule has 6 nitrogen and oxygen atoms in total. The van der Waals surface area contributed by atoms with Gasteiger partial charge in [0.05, 0.1) is 12.6 Å². The molecule has 3 aromatic rings. The van der Waals surface area contributed by atoms with E-state index < -0.39 is 0 Å². The van der Waals surface area contributed by atoms with Crippen LogP contribution in [0.25, 0.3) is 11.0 Å². The number of fused-ring (bicyclic) bond motifs is 2. The molecule has 0 unspecified atom stereocenters. The van der Waals surface area contributed by atoms with Crippen molar-refractivity contribution in [3.63, 3.8) is 0 Å². The van der Waals surface area contributed by atoms with Crippen molar-refractivity contribution in [2.75, 3.05) is 20.3 Å². The van der Waals surface area contributed by atoms with Gasteiger partial charge in [0.25, 0.3) is 5.91 Å². The number of rotatable bonds is 4. The molecular weight excluding hydrogens is 318 g/mol. The minimum Gasteiger partial charge on any atom is -0.451 e. The number of nitrogens with zero attached hydrogens (tertiary/aromatic N) is 3. The molecule has 1 amide bonds. The number of methoxy groups -OCH3 is 1. The summed E-state index contributed by atoms with van der Waals surface area (Å²) in [5, 5.41) is 0.943. The summed E-state index contributed by atoms with van der Waals surface area (Å²) in [6.45, 7) is 4.06. The molecule has 1 aromatic carbocycles. The second-order valence-electron chi connectivity index (χ2n) is 6.33. The van der Waals surface area contributed by atoms with Crippen LogP contribution < -0.4 is 0 Å². The van der Waals surface area contributed by atoms with Crippen LogP contribution in [0.15, 0.2) is 40.9 Å². The van der Waals surface area contributed by atoms with Crippen molar-refractivity contribution in [1.29, 1.82) is 0 Å². The summed E-state index contributed by atoms with van der Waals surface area (Å²) >= 11 is 0. The standard InChI is InChI=1S/C19H21N3O3/c1-13-18-20-12-15(7-10-24-2)22(18)9-8-21(13)19(23)17-11-14-5-3-4-6-16(14)25-17/h3-6,11-13H,7-10H2,1-2H3/t13-/m1/s1. The van der Waals surface area contributed by atoms with Crippen LogP contribution in [-0.4, -0.2) is 40.6 Å². The summed E-state index contributed by atoms with van der Waals surface area (Å²) in [5.74, 6) is 1.21. The molecule has 0 radical (unpaired) electrons. The molecule has 0 N–H and O–H groups in total. The molecule has 130 valence electrons. The van der Waals surface area contributed by atoms with E-state index >= 15 is 0 Å². The molecule has 0 saturated carbocycles. The van der Waals surface area contributed by atoms with Crippen LogP contribution in [0.2, 0.25) is 0 Å². The third-order valence-electron chi connectivity index (χ3n) is 4.83. The third kappa shape index (κ3) is 2.72. The fourth-order valence-electron chi connectivity index (χ4n) is 3.47. The zero-order valence-electron chi connectivity index (χ0n) is 14.4. The van der Waals surface area contributed by atoms with E-state index in [1.165, 1.54) is 0 Å². The number of furan rings is 1. The van der Waals surface area contributed by atoms with E-state index in [1.807, 2.05) is 48.4 Å². The Hall–Kier alpha value is -2.60. The van der Waals surface area contributed by atoms with Gasteiger partial charge >= 0.3 is 0 Å². The van der Waals surface area contributed by atoms with Gasteiger partial charge in [-0.2, -0.15) is 0 Å². The number of hydrogen-bond acceptors (Lipinski definition) is 4. The Balaban J connectivity index is 1.59. The van der Waals surface area contributed by atoms with Crippen LogP contribution in [-0.2, 0) is 17.7 Å². The highest BCUT2D eigenvalue weighted by Gasteiger charge is 2.32. The first-order chi connectivity index (χ1) is 12.2. The summed E-state index contributed by atoms with van der Waals surface area (Å²) in [6.07, 6.45) is 2.72. The number of aromatic nitrogens is 2. The van der Waals surface area contributed by atoms with Gasteiger partial charge in [0.1, 0.15) is 11.4 Å². The Morgan fingerprint density at radius 1 is 1.36 bits per heavy atom. The Morgan fingerprint density at radius 3 is 3.00 bits per heavy atom. The SMILES string of the molecule is COCCc1cnc2n1CCN(C(=O)c1cc3ccccc3o1)[C@@H]2C. The molecule has 25 heavy (non-hydrogen) atoms. The third-order valence-corrected chi connectivity index (χ3v) is 4.83. The van der Waals surface area contributed by atoms with Crippen molar-refractivity contribution in [1.82, 2.24) is 14.5 Å². The molecule has 2 aromatic heterocycles. The van der Waals surface area contributed by atoms with Crippen LogP contribution in [0, 0.1) is 0 Å². The van der Waals surface area contributed by atoms with Gasteiger partial charge in [-0.1, -0.05) is 18.2 Å². The number of imidazole rings is 1. The first kappa shape index (κ1) is 15.9. The molecule has 1 aliphatic rings. The number of hydrogen-bond donors (Lipinski definition) is 0. The largest absolute Gasteiger partial charge is 0.451 e.